The van der Waals surface area contributed by atoms with Crippen LogP contribution in [0.4, 0.5) is 0 Å². The standard InChI is InChI=1S/C15H25NO3S/c1-5-16-15(11-20(17,18)12(3)4)13-7-9-14(10-8-13)19-6-2/h7-10,12,15-16H,5-6,11H2,1-4H3. The van der Waals surface area contributed by atoms with Gasteiger partial charge in [0.2, 0.25) is 0 Å². The van der Waals surface area contributed by atoms with Crippen LogP contribution in [0, 0.1) is 0 Å². The van der Waals surface area contributed by atoms with Gasteiger partial charge in [-0.15, -0.1) is 0 Å². The van der Waals surface area contributed by atoms with Crippen molar-refractivity contribution in [1.29, 1.82) is 0 Å². The van der Waals surface area contributed by atoms with E-state index in [0.717, 1.165) is 17.9 Å². The van der Waals surface area contributed by atoms with Crippen LogP contribution in [-0.2, 0) is 9.84 Å². The molecule has 1 aromatic carbocycles. The fourth-order valence-corrected chi connectivity index (χ4v) is 3.07. The third-order valence-electron chi connectivity index (χ3n) is 3.16. The van der Waals surface area contributed by atoms with Crippen LogP contribution in [0.25, 0.3) is 0 Å². The molecule has 0 saturated carbocycles. The Kier molecular flexibility index (Phi) is 6.49. The highest BCUT2D eigenvalue weighted by atomic mass is 32.2. The van der Waals surface area contributed by atoms with Crippen LogP contribution in [-0.4, -0.2) is 32.6 Å². The van der Waals surface area contributed by atoms with Gasteiger partial charge in [-0.2, -0.15) is 0 Å². The molecule has 1 aromatic rings. The van der Waals surface area contributed by atoms with Crippen molar-refractivity contribution in [2.75, 3.05) is 18.9 Å². The van der Waals surface area contributed by atoms with Crippen LogP contribution in [0.15, 0.2) is 24.3 Å². The molecule has 0 aliphatic heterocycles. The maximum Gasteiger partial charge on any atom is 0.154 e. The molecule has 0 aliphatic carbocycles. The molecule has 1 rings (SSSR count). The highest BCUT2D eigenvalue weighted by Crippen LogP contribution is 2.20. The smallest absolute Gasteiger partial charge is 0.154 e. The third kappa shape index (κ3) is 4.80. The molecule has 0 fully saturated rings. The van der Waals surface area contributed by atoms with Crippen molar-refractivity contribution in [3.05, 3.63) is 29.8 Å². The minimum absolute atomic E-state index is 0.118. The summed E-state index contributed by atoms with van der Waals surface area (Å²) in [6.07, 6.45) is 0. The second kappa shape index (κ2) is 7.64. The molecular formula is C15H25NO3S. The Morgan fingerprint density at radius 3 is 2.20 bits per heavy atom. The Bertz CT molecular complexity index is 494. The van der Waals surface area contributed by atoms with Gasteiger partial charge in [0.1, 0.15) is 5.75 Å². The fraction of sp³-hybridized carbons (Fsp3) is 0.600. The molecule has 0 aromatic heterocycles. The minimum Gasteiger partial charge on any atom is -0.494 e. The molecule has 0 radical (unpaired) electrons. The van der Waals surface area contributed by atoms with Crippen LogP contribution in [0.5, 0.6) is 5.75 Å². The first-order valence-electron chi connectivity index (χ1n) is 7.08. The molecule has 0 aliphatic rings. The van der Waals surface area contributed by atoms with Gasteiger partial charge in [0.25, 0.3) is 0 Å². The lowest BCUT2D eigenvalue weighted by Crippen LogP contribution is -2.31. The highest BCUT2D eigenvalue weighted by molar-refractivity contribution is 7.92. The summed E-state index contributed by atoms with van der Waals surface area (Å²) in [6.45, 7) is 8.70. The molecule has 1 unspecified atom stereocenters. The Labute approximate surface area is 122 Å². The van der Waals surface area contributed by atoms with E-state index in [1.807, 2.05) is 38.1 Å². The van der Waals surface area contributed by atoms with Crippen LogP contribution in [0.1, 0.15) is 39.3 Å². The summed E-state index contributed by atoms with van der Waals surface area (Å²) in [5.74, 6) is 0.921. The lowest BCUT2D eigenvalue weighted by molar-refractivity contribution is 0.340. The summed E-state index contributed by atoms with van der Waals surface area (Å²) in [6, 6.07) is 7.43. The molecule has 20 heavy (non-hydrogen) atoms. The second-order valence-corrected chi connectivity index (χ2v) is 7.59. The molecule has 1 atom stereocenters. The van der Waals surface area contributed by atoms with Crippen molar-refractivity contribution < 1.29 is 13.2 Å². The van der Waals surface area contributed by atoms with Crippen LogP contribution in [0.2, 0.25) is 0 Å². The Hall–Kier alpha value is -1.07. The van der Waals surface area contributed by atoms with Gasteiger partial charge >= 0.3 is 0 Å². The van der Waals surface area contributed by atoms with E-state index in [-0.39, 0.29) is 17.0 Å². The van der Waals surface area contributed by atoms with Gasteiger partial charge in [0.15, 0.2) is 9.84 Å². The minimum atomic E-state index is -3.08. The van der Waals surface area contributed by atoms with Crippen molar-refractivity contribution >= 4 is 9.84 Å². The third-order valence-corrected chi connectivity index (χ3v) is 5.40. The second-order valence-electron chi connectivity index (χ2n) is 4.99. The Morgan fingerprint density at radius 1 is 1.15 bits per heavy atom. The maximum absolute atomic E-state index is 12.1. The molecule has 4 nitrogen and oxygen atoms in total. The number of benzene rings is 1. The van der Waals surface area contributed by atoms with Gasteiger partial charge in [-0.3, -0.25) is 0 Å². The van der Waals surface area contributed by atoms with Crippen molar-refractivity contribution in [3.8, 4) is 5.75 Å². The predicted molar refractivity (Wildman–Crippen MR) is 83.0 cm³/mol. The number of rotatable bonds is 8. The van der Waals surface area contributed by atoms with E-state index in [1.165, 1.54) is 0 Å². The van der Waals surface area contributed by atoms with Crippen molar-refractivity contribution in [1.82, 2.24) is 5.32 Å². The topological polar surface area (TPSA) is 55.4 Å². The average Bonchev–Trinajstić information content (AvgIpc) is 2.39. The molecule has 0 saturated heterocycles. The summed E-state index contributed by atoms with van der Waals surface area (Å²) in [5, 5.41) is 2.89. The van der Waals surface area contributed by atoms with Crippen molar-refractivity contribution in [2.45, 2.75) is 39.0 Å². The summed E-state index contributed by atoms with van der Waals surface area (Å²) in [4.78, 5) is 0. The van der Waals surface area contributed by atoms with Gasteiger partial charge < -0.3 is 10.1 Å². The van der Waals surface area contributed by atoms with Crippen LogP contribution >= 0.6 is 0 Å². The number of hydrogen-bond acceptors (Lipinski definition) is 4. The first-order chi connectivity index (χ1) is 9.40. The lowest BCUT2D eigenvalue weighted by Gasteiger charge is -2.20. The van der Waals surface area contributed by atoms with E-state index >= 15 is 0 Å². The predicted octanol–water partition coefficient (Wildman–Crippen LogP) is 2.56. The van der Waals surface area contributed by atoms with Crippen LogP contribution < -0.4 is 10.1 Å². The molecule has 0 amide bonds. The van der Waals surface area contributed by atoms with E-state index in [2.05, 4.69) is 5.32 Å². The first kappa shape index (κ1) is 17.0. The monoisotopic (exact) mass is 299 g/mol. The molecule has 0 bridgehead atoms. The number of nitrogens with one attached hydrogen (secondary N) is 1. The highest BCUT2D eigenvalue weighted by Gasteiger charge is 2.23. The Morgan fingerprint density at radius 2 is 1.75 bits per heavy atom. The number of sulfone groups is 1. The van der Waals surface area contributed by atoms with E-state index in [0.29, 0.717) is 6.61 Å². The zero-order chi connectivity index (χ0) is 15.2. The maximum atomic E-state index is 12.1. The van der Waals surface area contributed by atoms with Crippen molar-refractivity contribution in [3.63, 3.8) is 0 Å². The van der Waals surface area contributed by atoms with Crippen LogP contribution in [0.3, 0.4) is 0 Å². The van der Waals surface area contributed by atoms with Gasteiger partial charge in [0.05, 0.1) is 17.6 Å². The molecular weight excluding hydrogens is 274 g/mol. The number of hydrogen-bond donors (Lipinski definition) is 1. The number of ether oxygens (including phenoxy) is 1. The lowest BCUT2D eigenvalue weighted by atomic mass is 10.1. The van der Waals surface area contributed by atoms with E-state index < -0.39 is 9.84 Å². The Balaban J connectivity index is 2.90. The van der Waals surface area contributed by atoms with E-state index in [9.17, 15) is 8.42 Å². The van der Waals surface area contributed by atoms with Gasteiger partial charge in [-0.25, -0.2) is 8.42 Å². The molecule has 0 spiro atoms. The molecule has 0 heterocycles. The molecule has 5 heteroatoms. The quantitative estimate of drug-likeness (QED) is 0.801. The van der Waals surface area contributed by atoms with Gasteiger partial charge in [-0.1, -0.05) is 19.1 Å². The molecule has 1 N–H and O–H groups in total. The normalized spacial score (nSPS) is 13.4. The summed E-state index contributed by atoms with van der Waals surface area (Å²) in [7, 11) is -3.08. The SMILES string of the molecule is CCNC(CS(=O)(=O)C(C)C)c1ccc(OCC)cc1. The first-order valence-corrected chi connectivity index (χ1v) is 8.80. The van der Waals surface area contributed by atoms with Gasteiger partial charge in [0, 0.05) is 6.04 Å². The van der Waals surface area contributed by atoms with E-state index in [1.54, 1.807) is 13.8 Å². The summed E-state index contributed by atoms with van der Waals surface area (Å²) in [5.41, 5.74) is 0.972. The molecule has 114 valence electrons. The average molecular weight is 299 g/mol. The summed E-state index contributed by atoms with van der Waals surface area (Å²) >= 11 is 0. The summed E-state index contributed by atoms with van der Waals surface area (Å²) < 4.78 is 29.6. The van der Waals surface area contributed by atoms with Crippen molar-refractivity contribution in [2.24, 2.45) is 0 Å². The zero-order valence-corrected chi connectivity index (χ0v) is 13.5. The zero-order valence-electron chi connectivity index (χ0n) is 12.7. The van der Waals surface area contributed by atoms with E-state index in [4.69, 9.17) is 4.74 Å². The largest absolute Gasteiger partial charge is 0.494 e. The fourth-order valence-electron chi connectivity index (χ4n) is 1.91. The van der Waals surface area contributed by atoms with Gasteiger partial charge in [-0.05, 0) is 45.0 Å².